The van der Waals surface area contributed by atoms with Gasteiger partial charge < -0.3 is 19.4 Å². The van der Waals surface area contributed by atoms with Gasteiger partial charge in [-0.25, -0.2) is 0 Å². The maximum Gasteiger partial charge on any atom is 0.267 e. The molecule has 0 bridgehead atoms. The molecule has 1 atom stereocenters. The molecule has 2 aromatic carbocycles. The van der Waals surface area contributed by atoms with Crippen molar-refractivity contribution in [3.8, 4) is 11.5 Å². The Morgan fingerprint density at radius 3 is 2.50 bits per heavy atom. The minimum Gasteiger partial charge on any atom is -0.547 e. The van der Waals surface area contributed by atoms with Crippen LogP contribution in [-0.2, 0) is 9.59 Å². The highest BCUT2D eigenvalue weighted by molar-refractivity contribution is 8.26. The van der Waals surface area contributed by atoms with Gasteiger partial charge in [-0.05, 0) is 23.8 Å². The zero-order valence-electron chi connectivity index (χ0n) is 15.1. The van der Waals surface area contributed by atoms with Crippen LogP contribution in [0.25, 0.3) is 6.08 Å². The molecule has 0 aliphatic carbocycles. The average molecular weight is 414 g/mol. The molecule has 0 aromatic heterocycles. The summed E-state index contributed by atoms with van der Waals surface area (Å²) in [5.74, 6) is -0.761. The van der Waals surface area contributed by atoms with Gasteiger partial charge in [0, 0.05) is 11.6 Å². The molecular formula is C20H16NO5S2-. The smallest absolute Gasteiger partial charge is 0.267 e. The molecule has 2 aromatic rings. The highest BCUT2D eigenvalue weighted by Crippen LogP contribution is 2.39. The first-order valence-corrected chi connectivity index (χ1v) is 9.43. The third kappa shape index (κ3) is 3.88. The third-order valence-corrected chi connectivity index (χ3v) is 5.48. The summed E-state index contributed by atoms with van der Waals surface area (Å²) >= 11 is 6.33. The number of hydrogen-bond acceptors (Lipinski definition) is 7. The molecule has 1 heterocycles. The van der Waals surface area contributed by atoms with Crippen LogP contribution in [-0.4, -0.2) is 35.3 Å². The zero-order chi connectivity index (χ0) is 20.3. The molecular weight excluding hydrogens is 398 g/mol. The molecule has 1 aliphatic rings. The molecule has 0 radical (unpaired) electrons. The van der Waals surface area contributed by atoms with Gasteiger partial charge in [-0.3, -0.25) is 9.69 Å². The van der Waals surface area contributed by atoms with Crippen LogP contribution < -0.4 is 14.6 Å². The molecule has 0 N–H and O–H groups in total. The van der Waals surface area contributed by atoms with Crippen molar-refractivity contribution in [2.24, 2.45) is 0 Å². The predicted molar refractivity (Wildman–Crippen MR) is 109 cm³/mol. The minimum absolute atomic E-state index is 0.154. The number of thioether (sulfide) groups is 1. The van der Waals surface area contributed by atoms with Crippen molar-refractivity contribution < 1.29 is 24.2 Å². The van der Waals surface area contributed by atoms with Crippen LogP contribution in [0.15, 0.2) is 53.4 Å². The number of carbonyl (C=O) groups excluding carboxylic acids is 2. The lowest BCUT2D eigenvalue weighted by molar-refractivity contribution is -0.310. The maximum absolute atomic E-state index is 13.0. The summed E-state index contributed by atoms with van der Waals surface area (Å²) in [4.78, 5) is 26.1. The van der Waals surface area contributed by atoms with Crippen molar-refractivity contribution in [2.45, 2.75) is 6.04 Å². The number of carboxylic acids is 1. The fourth-order valence-corrected chi connectivity index (χ4v) is 4.11. The lowest BCUT2D eigenvalue weighted by atomic mass is 10.1. The SMILES string of the molecule is COc1ccc(C=C2SC(=S)N(C(C(=O)[O-])c3ccccc3)C2=O)c(OC)c1. The molecule has 1 aliphatic heterocycles. The van der Waals surface area contributed by atoms with Crippen LogP contribution in [0.1, 0.15) is 17.2 Å². The van der Waals surface area contributed by atoms with E-state index >= 15 is 0 Å². The monoisotopic (exact) mass is 414 g/mol. The molecule has 1 amide bonds. The van der Waals surface area contributed by atoms with Crippen LogP contribution in [0.3, 0.4) is 0 Å². The Hall–Kier alpha value is -2.84. The number of nitrogens with zero attached hydrogens (tertiary/aromatic N) is 1. The summed E-state index contributed by atoms with van der Waals surface area (Å²) in [5.41, 5.74) is 1.07. The van der Waals surface area contributed by atoms with Gasteiger partial charge in [0.05, 0.1) is 25.1 Å². The van der Waals surface area contributed by atoms with E-state index in [4.69, 9.17) is 21.7 Å². The zero-order valence-corrected chi connectivity index (χ0v) is 16.7. The van der Waals surface area contributed by atoms with E-state index in [1.54, 1.807) is 61.7 Å². The van der Waals surface area contributed by atoms with E-state index in [0.717, 1.165) is 16.7 Å². The number of benzene rings is 2. The lowest BCUT2D eigenvalue weighted by Gasteiger charge is -2.27. The Kier molecular flexibility index (Phi) is 6.01. The number of carboxylic acid groups (broad SMARTS) is 1. The van der Waals surface area contributed by atoms with Crippen LogP contribution in [0.2, 0.25) is 0 Å². The first-order chi connectivity index (χ1) is 13.5. The minimum atomic E-state index is -1.40. The molecule has 3 rings (SSSR count). The molecule has 0 spiro atoms. The van der Waals surface area contributed by atoms with Crippen molar-refractivity contribution >= 4 is 46.3 Å². The fraction of sp³-hybridized carbons (Fsp3) is 0.150. The molecule has 1 unspecified atom stereocenters. The standard InChI is InChI=1S/C20H17NO5S2/c1-25-14-9-8-13(15(11-14)26-2)10-16-18(22)21(20(27)28-16)17(19(23)24)12-6-4-3-5-7-12/h3-11,17H,1-2H3,(H,23,24)/p-1. The molecule has 144 valence electrons. The molecule has 1 saturated heterocycles. The van der Waals surface area contributed by atoms with E-state index < -0.39 is 17.9 Å². The quantitative estimate of drug-likeness (QED) is 0.530. The van der Waals surface area contributed by atoms with Crippen LogP contribution in [0, 0.1) is 0 Å². The van der Waals surface area contributed by atoms with Gasteiger partial charge in [-0.15, -0.1) is 0 Å². The van der Waals surface area contributed by atoms with Crippen molar-refractivity contribution in [1.29, 1.82) is 0 Å². The lowest BCUT2D eigenvalue weighted by Crippen LogP contribution is -2.43. The number of ether oxygens (including phenoxy) is 2. The Morgan fingerprint density at radius 1 is 1.18 bits per heavy atom. The summed E-state index contributed by atoms with van der Waals surface area (Å²) in [6.45, 7) is 0. The van der Waals surface area contributed by atoms with E-state index in [2.05, 4.69) is 0 Å². The fourth-order valence-electron chi connectivity index (χ4n) is 2.81. The Balaban J connectivity index is 1.97. The molecule has 28 heavy (non-hydrogen) atoms. The number of hydrogen-bond donors (Lipinski definition) is 0. The summed E-state index contributed by atoms with van der Waals surface area (Å²) in [7, 11) is 3.06. The summed E-state index contributed by atoms with van der Waals surface area (Å²) in [6.07, 6.45) is 1.62. The van der Waals surface area contributed by atoms with E-state index in [9.17, 15) is 14.7 Å². The number of aliphatic carboxylic acids is 1. The van der Waals surface area contributed by atoms with Gasteiger partial charge in [0.2, 0.25) is 0 Å². The third-order valence-electron chi connectivity index (χ3n) is 4.15. The van der Waals surface area contributed by atoms with Crippen LogP contribution in [0.5, 0.6) is 11.5 Å². The summed E-state index contributed by atoms with van der Waals surface area (Å²) < 4.78 is 10.7. The predicted octanol–water partition coefficient (Wildman–Crippen LogP) is 2.40. The first-order valence-electron chi connectivity index (χ1n) is 8.21. The second-order valence-electron chi connectivity index (χ2n) is 5.79. The van der Waals surface area contributed by atoms with E-state index in [-0.39, 0.29) is 4.32 Å². The highest BCUT2D eigenvalue weighted by atomic mass is 32.2. The van der Waals surface area contributed by atoms with Gasteiger partial charge in [0.15, 0.2) is 0 Å². The highest BCUT2D eigenvalue weighted by Gasteiger charge is 2.38. The van der Waals surface area contributed by atoms with Gasteiger partial charge >= 0.3 is 0 Å². The van der Waals surface area contributed by atoms with Crippen molar-refractivity contribution in [3.05, 3.63) is 64.6 Å². The van der Waals surface area contributed by atoms with Crippen molar-refractivity contribution in [1.82, 2.24) is 4.90 Å². The average Bonchev–Trinajstić information content (AvgIpc) is 2.97. The Bertz CT molecular complexity index is 958. The largest absolute Gasteiger partial charge is 0.547 e. The Morgan fingerprint density at radius 2 is 1.89 bits per heavy atom. The summed E-state index contributed by atoms with van der Waals surface area (Å²) in [6, 6.07) is 12.3. The van der Waals surface area contributed by atoms with Gasteiger partial charge in [0.25, 0.3) is 5.91 Å². The number of methoxy groups -OCH3 is 2. The van der Waals surface area contributed by atoms with Crippen LogP contribution >= 0.6 is 24.0 Å². The van der Waals surface area contributed by atoms with Crippen molar-refractivity contribution in [3.63, 3.8) is 0 Å². The summed E-state index contributed by atoms with van der Waals surface area (Å²) in [5, 5.41) is 11.8. The van der Waals surface area contributed by atoms with Gasteiger partial charge in [-0.1, -0.05) is 54.3 Å². The number of amides is 1. The van der Waals surface area contributed by atoms with E-state index in [1.165, 1.54) is 7.11 Å². The molecule has 6 nitrogen and oxygen atoms in total. The second-order valence-corrected chi connectivity index (χ2v) is 7.47. The normalized spacial score (nSPS) is 16.4. The second kappa shape index (κ2) is 8.45. The number of carbonyl (C=O) groups is 2. The van der Waals surface area contributed by atoms with E-state index in [1.807, 2.05) is 0 Å². The van der Waals surface area contributed by atoms with Gasteiger partial charge in [-0.2, -0.15) is 0 Å². The molecule has 0 saturated carbocycles. The number of thiocarbonyl (C=S) groups is 1. The molecule has 1 fully saturated rings. The first kappa shape index (κ1) is 19.9. The van der Waals surface area contributed by atoms with E-state index in [0.29, 0.717) is 27.5 Å². The van der Waals surface area contributed by atoms with Crippen LogP contribution in [0.4, 0.5) is 0 Å². The number of rotatable bonds is 6. The van der Waals surface area contributed by atoms with Crippen molar-refractivity contribution in [2.75, 3.05) is 14.2 Å². The molecule has 8 heteroatoms. The Labute approximate surface area is 171 Å². The topological polar surface area (TPSA) is 78.9 Å². The maximum atomic E-state index is 13.0. The van der Waals surface area contributed by atoms with Gasteiger partial charge in [0.1, 0.15) is 21.9 Å².